The standard InChI is InChI=1S/C16H16F3N3O2/c1-2-22(15-8-7-14(20-21-15)16(17,18)19)9-11-10-23-12-5-3-4-6-13(12)24-11/h3-8,11H,2,9-10H2,1H3. The molecule has 0 aliphatic carbocycles. The third-order valence-corrected chi connectivity index (χ3v) is 3.64. The topological polar surface area (TPSA) is 47.5 Å². The minimum Gasteiger partial charge on any atom is -0.486 e. The summed E-state index contributed by atoms with van der Waals surface area (Å²) in [4.78, 5) is 1.80. The first-order valence-corrected chi connectivity index (χ1v) is 7.51. The van der Waals surface area contributed by atoms with Gasteiger partial charge in [-0.2, -0.15) is 13.2 Å². The van der Waals surface area contributed by atoms with Crippen molar-refractivity contribution in [2.24, 2.45) is 0 Å². The van der Waals surface area contributed by atoms with E-state index in [4.69, 9.17) is 9.47 Å². The highest BCUT2D eigenvalue weighted by molar-refractivity contribution is 5.42. The van der Waals surface area contributed by atoms with Gasteiger partial charge in [-0.05, 0) is 31.2 Å². The largest absolute Gasteiger partial charge is 0.486 e. The summed E-state index contributed by atoms with van der Waals surface area (Å²) in [6.45, 7) is 3.24. The number of hydrogen-bond acceptors (Lipinski definition) is 5. The number of likely N-dealkylation sites (N-methyl/N-ethyl adjacent to an activating group) is 1. The molecular formula is C16H16F3N3O2. The molecule has 0 saturated carbocycles. The van der Waals surface area contributed by atoms with Gasteiger partial charge >= 0.3 is 6.18 Å². The molecule has 3 rings (SSSR count). The maximum absolute atomic E-state index is 12.6. The lowest BCUT2D eigenvalue weighted by molar-refractivity contribution is -0.141. The normalized spacial score (nSPS) is 16.8. The second-order valence-corrected chi connectivity index (χ2v) is 5.31. The molecule has 0 fully saturated rings. The van der Waals surface area contributed by atoms with Crippen LogP contribution in [0.2, 0.25) is 0 Å². The van der Waals surface area contributed by atoms with Crippen LogP contribution in [0.15, 0.2) is 36.4 Å². The Hall–Kier alpha value is -2.51. The zero-order valence-corrected chi connectivity index (χ0v) is 13.0. The van der Waals surface area contributed by atoms with Crippen molar-refractivity contribution in [3.05, 3.63) is 42.1 Å². The monoisotopic (exact) mass is 339 g/mol. The smallest absolute Gasteiger partial charge is 0.435 e. The summed E-state index contributed by atoms with van der Waals surface area (Å²) in [6.07, 6.45) is -4.74. The van der Waals surface area contributed by atoms with E-state index in [0.29, 0.717) is 37.0 Å². The number of rotatable bonds is 4. The average molecular weight is 339 g/mol. The van der Waals surface area contributed by atoms with Gasteiger partial charge in [0.05, 0.1) is 6.54 Å². The molecule has 1 aromatic carbocycles. The Morgan fingerprint density at radius 2 is 1.88 bits per heavy atom. The van der Waals surface area contributed by atoms with Crippen molar-refractivity contribution in [1.82, 2.24) is 10.2 Å². The van der Waals surface area contributed by atoms with Crippen LogP contribution < -0.4 is 14.4 Å². The van der Waals surface area contributed by atoms with Crippen LogP contribution in [0.4, 0.5) is 19.0 Å². The highest BCUT2D eigenvalue weighted by Crippen LogP contribution is 2.31. The van der Waals surface area contributed by atoms with E-state index in [1.165, 1.54) is 6.07 Å². The predicted octanol–water partition coefficient (Wildman–Crippen LogP) is 3.16. The lowest BCUT2D eigenvalue weighted by atomic mass is 10.2. The number of nitrogens with zero attached hydrogens (tertiary/aromatic N) is 3. The summed E-state index contributed by atoms with van der Waals surface area (Å²) in [5.41, 5.74) is -1.01. The number of para-hydroxylation sites is 2. The van der Waals surface area contributed by atoms with Crippen LogP contribution in [0.3, 0.4) is 0 Å². The number of fused-ring (bicyclic) bond motifs is 1. The molecule has 1 aliphatic heterocycles. The maximum Gasteiger partial charge on any atom is 0.435 e. The van der Waals surface area contributed by atoms with Crippen molar-refractivity contribution in [2.75, 3.05) is 24.6 Å². The zero-order valence-electron chi connectivity index (χ0n) is 13.0. The Labute approximate surface area is 137 Å². The number of anilines is 1. The number of ether oxygens (including phenoxy) is 2. The molecule has 0 bridgehead atoms. The van der Waals surface area contributed by atoms with Gasteiger partial charge in [0.15, 0.2) is 29.1 Å². The summed E-state index contributed by atoms with van der Waals surface area (Å²) in [5.74, 6) is 1.71. The SMILES string of the molecule is CCN(CC1COc2ccccc2O1)c1ccc(C(F)(F)F)nn1. The molecule has 128 valence electrons. The van der Waals surface area contributed by atoms with E-state index < -0.39 is 11.9 Å². The molecule has 0 N–H and O–H groups in total. The fraction of sp³-hybridized carbons (Fsp3) is 0.375. The van der Waals surface area contributed by atoms with Crippen LogP contribution in [0.25, 0.3) is 0 Å². The van der Waals surface area contributed by atoms with Gasteiger partial charge in [-0.15, -0.1) is 10.2 Å². The Morgan fingerprint density at radius 3 is 2.50 bits per heavy atom. The molecule has 0 spiro atoms. The third kappa shape index (κ3) is 3.52. The van der Waals surface area contributed by atoms with Gasteiger partial charge in [0.2, 0.25) is 0 Å². The number of benzene rings is 1. The van der Waals surface area contributed by atoms with Gasteiger partial charge in [0.25, 0.3) is 0 Å². The van der Waals surface area contributed by atoms with Crippen LogP contribution in [-0.2, 0) is 6.18 Å². The minimum absolute atomic E-state index is 0.246. The first-order chi connectivity index (χ1) is 11.5. The molecule has 8 heteroatoms. The molecule has 0 saturated heterocycles. The van der Waals surface area contributed by atoms with Crippen LogP contribution in [0.5, 0.6) is 11.5 Å². The summed E-state index contributed by atoms with van der Waals surface area (Å²) in [5, 5.41) is 6.94. The molecule has 1 unspecified atom stereocenters. The second-order valence-electron chi connectivity index (χ2n) is 5.31. The van der Waals surface area contributed by atoms with Crippen molar-refractivity contribution in [2.45, 2.75) is 19.2 Å². The molecule has 0 radical (unpaired) electrons. The van der Waals surface area contributed by atoms with Gasteiger partial charge in [-0.3, -0.25) is 0 Å². The molecule has 1 aromatic heterocycles. The van der Waals surface area contributed by atoms with Crippen molar-refractivity contribution in [1.29, 1.82) is 0 Å². The Bertz CT molecular complexity index is 692. The molecule has 1 aliphatic rings. The minimum atomic E-state index is -4.49. The van der Waals surface area contributed by atoms with E-state index in [9.17, 15) is 13.2 Å². The van der Waals surface area contributed by atoms with E-state index in [-0.39, 0.29) is 6.10 Å². The van der Waals surface area contributed by atoms with Crippen molar-refractivity contribution in [3.8, 4) is 11.5 Å². The first-order valence-electron chi connectivity index (χ1n) is 7.51. The lowest BCUT2D eigenvalue weighted by Crippen LogP contribution is -2.41. The highest BCUT2D eigenvalue weighted by Gasteiger charge is 2.33. The second kappa shape index (κ2) is 6.54. The van der Waals surface area contributed by atoms with Gasteiger partial charge in [0.1, 0.15) is 6.61 Å². The van der Waals surface area contributed by atoms with E-state index >= 15 is 0 Å². The van der Waals surface area contributed by atoms with Crippen LogP contribution in [-0.4, -0.2) is 36.0 Å². The highest BCUT2D eigenvalue weighted by atomic mass is 19.4. The van der Waals surface area contributed by atoms with Crippen molar-refractivity contribution < 1.29 is 22.6 Å². The van der Waals surface area contributed by atoms with Crippen LogP contribution in [0, 0.1) is 0 Å². The Morgan fingerprint density at radius 1 is 1.12 bits per heavy atom. The van der Waals surface area contributed by atoms with Crippen molar-refractivity contribution >= 4 is 5.82 Å². The Balaban J connectivity index is 1.69. The zero-order chi connectivity index (χ0) is 17.2. The van der Waals surface area contributed by atoms with Gasteiger partial charge in [0, 0.05) is 6.54 Å². The van der Waals surface area contributed by atoms with Gasteiger partial charge in [-0.1, -0.05) is 12.1 Å². The quantitative estimate of drug-likeness (QED) is 0.856. The summed E-state index contributed by atoms with van der Waals surface area (Å²) in [7, 11) is 0. The van der Waals surface area contributed by atoms with Gasteiger partial charge < -0.3 is 14.4 Å². The van der Waals surface area contributed by atoms with E-state index in [0.717, 1.165) is 6.07 Å². The fourth-order valence-corrected chi connectivity index (χ4v) is 2.43. The van der Waals surface area contributed by atoms with E-state index in [1.54, 1.807) is 4.90 Å². The first kappa shape index (κ1) is 16.4. The summed E-state index contributed by atoms with van der Waals surface area (Å²) < 4.78 is 49.2. The van der Waals surface area contributed by atoms with Crippen LogP contribution in [0.1, 0.15) is 12.6 Å². The molecule has 2 aromatic rings. The molecule has 0 amide bonds. The molecule has 24 heavy (non-hydrogen) atoms. The Kier molecular flexibility index (Phi) is 4.46. The summed E-state index contributed by atoms with van der Waals surface area (Å²) in [6, 6.07) is 9.60. The summed E-state index contributed by atoms with van der Waals surface area (Å²) >= 11 is 0. The number of hydrogen-bond donors (Lipinski definition) is 0. The molecular weight excluding hydrogens is 323 g/mol. The number of halogens is 3. The fourth-order valence-electron chi connectivity index (χ4n) is 2.43. The lowest BCUT2D eigenvalue weighted by Gasteiger charge is -2.31. The maximum atomic E-state index is 12.6. The van der Waals surface area contributed by atoms with E-state index in [2.05, 4.69) is 10.2 Å². The van der Waals surface area contributed by atoms with Crippen LogP contribution >= 0.6 is 0 Å². The third-order valence-electron chi connectivity index (χ3n) is 3.64. The van der Waals surface area contributed by atoms with E-state index in [1.807, 2.05) is 31.2 Å². The molecule has 2 heterocycles. The molecule has 5 nitrogen and oxygen atoms in total. The number of aromatic nitrogens is 2. The predicted molar refractivity (Wildman–Crippen MR) is 81.3 cm³/mol. The number of alkyl halides is 3. The van der Waals surface area contributed by atoms with Crippen molar-refractivity contribution in [3.63, 3.8) is 0 Å². The average Bonchev–Trinajstić information content (AvgIpc) is 2.59. The van der Waals surface area contributed by atoms with Gasteiger partial charge in [-0.25, -0.2) is 0 Å². The molecule has 1 atom stereocenters.